The molecule has 0 radical (unpaired) electrons. The normalized spacial score (nSPS) is 20.7. The molecule has 1 aliphatic heterocycles. The second-order valence-electron chi connectivity index (χ2n) is 5.55. The van der Waals surface area contributed by atoms with E-state index < -0.39 is 0 Å². The summed E-state index contributed by atoms with van der Waals surface area (Å²) in [6.45, 7) is 2.47. The molecule has 1 aliphatic rings. The zero-order valence-corrected chi connectivity index (χ0v) is 12.3. The Balaban J connectivity index is 1.88. The Morgan fingerprint density at radius 1 is 1.52 bits per heavy atom. The quantitative estimate of drug-likeness (QED) is 0.333. The minimum atomic E-state index is -0.344. The van der Waals surface area contributed by atoms with Crippen LogP contribution in [0.25, 0.3) is 0 Å². The highest BCUT2D eigenvalue weighted by Gasteiger charge is 2.18. The molecule has 1 unspecified atom stereocenters. The van der Waals surface area contributed by atoms with Crippen molar-refractivity contribution in [3.05, 3.63) is 35.1 Å². The number of benzene rings is 1. The van der Waals surface area contributed by atoms with Gasteiger partial charge < -0.3 is 21.2 Å². The van der Waals surface area contributed by atoms with E-state index in [1.807, 2.05) is 0 Å². The first-order valence-corrected chi connectivity index (χ1v) is 7.29. The first-order chi connectivity index (χ1) is 10.1. The molecule has 1 saturated heterocycles. The topological polar surface area (TPSA) is 73.9 Å². The van der Waals surface area contributed by atoms with Gasteiger partial charge in [0.15, 0.2) is 5.84 Å². The monoisotopic (exact) mass is 294 g/mol. The predicted molar refractivity (Wildman–Crippen MR) is 80.9 cm³/mol. The number of hydrogen-bond acceptors (Lipinski definition) is 4. The van der Waals surface area contributed by atoms with Crippen LogP contribution in [-0.4, -0.2) is 42.1 Å². The van der Waals surface area contributed by atoms with Crippen molar-refractivity contribution in [2.75, 3.05) is 20.1 Å². The zero-order valence-electron chi connectivity index (χ0n) is 12.3. The molecular formula is C15H23FN4O. The van der Waals surface area contributed by atoms with Crippen LogP contribution in [0, 0.1) is 5.82 Å². The Morgan fingerprint density at radius 3 is 3.00 bits per heavy atom. The number of hydrogen-bond donors (Lipinski definition) is 3. The van der Waals surface area contributed by atoms with Crippen molar-refractivity contribution in [2.45, 2.75) is 31.8 Å². The summed E-state index contributed by atoms with van der Waals surface area (Å²) >= 11 is 0. The molecule has 4 N–H and O–H groups in total. The number of likely N-dealkylation sites (tertiary alicyclic amines) is 1. The van der Waals surface area contributed by atoms with Crippen molar-refractivity contribution >= 4 is 5.84 Å². The second-order valence-corrected chi connectivity index (χ2v) is 5.55. The molecule has 0 spiro atoms. The summed E-state index contributed by atoms with van der Waals surface area (Å²) in [6, 6.07) is 5.14. The van der Waals surface area contributed by atoms with Crippen LogP contribution in [-0.2, 0) is 6.54 Å². The molecular weight excluding hydrogens is 271 g/mol. The molecule has 21 heavy (non-hydrogen) atoms. The first-order valence-electron chi connectivity index (χ1n) is 7.29. The highest BCUT2D eigenvalue weighted by Crippen LogP contribution is 2.15. The lowest BCUT2D eigenvalue weighted by atomic mass is 10.0. The van der Waals surface area contributed by atoms with Gasteiger partial charge in [-0.3, -0.25) is 0 Å². The molecule has 1 heterocycles. The lowest BCUT2D eigenvalue weighted by molar-refractivity contribution is 0.181. The van der Waals surface area contributed by atoms with Crippen molar-refractivity contribution in [3.63, 3.8) is 0 Å². The van der Waals surface area contributed by atoms with Crippen molar-refractivity contribution in [3.8, 4) is 0 Å². The van der Waals surface area contributed by atoms with E-state index in [9.17, 15) is 4.39 Å². The number of nitrogens with zero attached hydrogens (tertiary/aromatic N) is 2. The van der Waals surface area contributed by atoms with Crippen LogP contribution in [0.5, 0.6) is 0 Å². The average Bonchev–Trinajstić information content (AvgIpc) is 2.50. The van der Waals surface area contributed by atoms with E-state index in [2.05, 4.69) is 22.4 Å². The van der Waals surface area contributed by atoms with Crippen LogP contribution in [0.2, 0.25) is 0 Å². The number of piperidine rings is 1. The van der Waals surface area contributed by atoms with Gasteiger partial charge in [-0.25, -0.2) is 4.39 Å². The van der Waals surface area contributed by atoms with E-state index in [1.165, 1.54) is 25.3 Å². The van der Waals surface area contributed by atoms with Crippen LogP contribution < -0.4 is 11.1 Å². The smallest absolute Gasteiger partial charge is 0.170 e. The number of oxime groups is 1. The molecule has 1 aromatic rings. The van der Waals surface area contributed by atoms with Crippen molar-refractivity contribution in [2.24, 2.45) is 10.9 Å². The van der Waals surface area contributed by atoms with E-state index in [0.717, 1.165) is 13.1 Å². The number of rotatable bonds is 5. The predicted octanol–water partition coefficient (Wildman–Crippen LogP) is 1.49. The summed E-state index contributed by atoms with van der Waals surface area (Å²) < 4.78 is 13.9. The molecule has 1 atom stereocenters. The average molecular weight is 294 g/mol. The maximum absolute atomic E-state index is 13.9. The number of halogens is 1. The number of likely N-dealkylation sites (N-methyl/N-ethyl adjacent to an activating group) is 1. The van der Waals surface area contributed by atoms with Crippen molar-refractivity contribution < 1.29 is 9.60 Å². The van der Waals surface area contributed by atoms with Crippen molar-refractivity contribution in [1.82, 2.24) is 10.2 Å². The number of nitrogens with two attached hydrogens (primary N) is 1. The highest BCUT2D eigenvalue weighted by atomic mass is 19.1. The third-order valence-electron chi connectivity index (χ3n) is 4.07. The number of amidine groups is 1. The molecule has 0 bridgehead atoms. The van der Waals surface area contributed by atoms with Gasteiger partial charge >= 0.3 is 0 Å². The molecule has 1 fully saturated rings. The second kappa shape index (κ2) is 7.38. The fourth-order valence-electron chi connectivity index (χ4n) is 2.68. The Morgan fingerprint density at radius 2 is 2.33 bits per heavy atom. The van der Waals surface area contributed by atoms with Gasteiger partial charge in [0.2, 0.25) is 0 Å². The van der Waals surface area contributed by atoms with Crippen LogP contribution in [0.1, 0.15) is 30.4 Å². The Labute approximate surface area is 124 Å². The van der Waals surface area contributed by atoms with E-state index in [4.69, 9.17) is 10.9 Å². The van der Waals surface area contributed by atoms with Gasteiger partial charge in [-0.15, -0.1) is 0 Å². The standard InChI is InChI=1S/C15H23FN4O/c1-20-7-3-2-4-13(20)10-18-9-12-6-5-11(8-14(12)16)15(17)19-21/h5-6,8,13,18,21H,2-4,7,9-10H2,1H3,(H2,17,19). The molecule has 6 heteroatoms. The number of nitrogens with one attached hydrogen (secondary N) is 1. The van der Waals surface area contributed by atoms with Gasteiger partial charge in [0.05, 0.1) is 0 Å². The molecule has 2 rings (SSSR count). The summed E-state index contributed by atoms with van der Waals surface area (Å²) in [5.41, 5.74) is 6.40. The van der Waals surface area contributed by atoms with Crippen molar-refractivity contribution in [1.29, 1.82) is 0 Å². The first kappa shape index (κ1) is 15.7. The Kier molecular flexibility index (Phi) is 5.52. The van der Waals surface area contributed by atoms with Gasteiger partial charge in [0.1, 0.15) is 5.82 Å². The van der Waals surface area contributed by atoms with Crippen LogP contribution in [0.3, 0.4) is 0 Å². The third-order valence-corrected chi connectivity index (χ3v) is 4.07. The summed E-state index contributed by atoms with van der Waals surface area (Å²) in [5.74, 6) is -0.430. The van der Waals surface area contributed by atoms with Gasteiger partial charge in [-0.1, -0.05) is 23.7 Å². The Hall–Kier alpha value is -1.66. The van der Waals surface area contributed by atoms with E-state index in [-0.39, 0.29) is 11.7 Å². The minimum Gasteiger partial charge on any atom is -0.409 e. The molecule has 5 nitrogen and oxygen atoms in total. The van der Waals surface area contributed by atoms with Gasteiger partial charge in [0, 0.05) is 30.3 Å². The summed E-state index contributed by atoms with van der Waals surface area (Å²) in [5, 5.41) is 14.8. The SMILES string of the molecule is CN1CCCCC1CNCc1ccc(C(N)=NO)cc1F. The summed E-state index contributed by atoms with van der Waals surface area (Å²) in [7, 11) is 2.14. The molecule has 0 aliphatic carbocycles. The zero-order chi connectivity index (χ0) is 15.2. The molecule has 0 amide bonds. The molecule has 1 aromatic carbocycles. The summed E-state index contributed by atoms with van der Waals surface area (Å²) in [4.78, 5) is 2.36. The largest absolute Gasteiger partial charge is 0.409 e. The minimum absolute atomic E-state index is 0.0859. The fraction of sp³-hybridized carbons (Fsp3) is 0.533. The van der Waals surface area contributed by atoms with Crippen LogP contribution in [0.15, 0.2) is 23.4 Å². The van der Waals surface area contributed by atoms with E-state index in [0.29, 0.717) is 23.7 Å². The van der Waals surface area contributed by atoms with Gasteiger partial charge in [0.25, 0.3) is 0 Å². The summed E-state index contributed by atoms with van der Waals surface area (Å²) in [6.07, 6.45) is 3.71. The van der Waals surface area contributed by atoms with E-state index >= 15 is 0 Å². The lowest BCUT2D eigenvalue weighted by Crippen LogP contribution is -2.42. The van der Waals surface area contributed by atoms with Crippen LogP contribution >= 0.6 is 0 Å². The lowest BCUT2D eigenvalue weighted by Gasteiger charge is -2.32. The van der Waals surface area contributed by atoms with Gasteiger partial charge in [-0.05, 0) is 32.5 Å². The molecule has 0 aromatic heterocycles. The molecule has 116 valence electrons. The van der Waals surface area contributed by atoms with Gasteiger partial charge in [-0.2, -0.15) is 0 Å². The van der Waals surface area contributed by atoms with E-state index in [1.54, 1.807) is 12.1 Å². The third kappa shape index (κ3) is 4.15. The highest BCUT2D eigenvalue weighted by molar-refractivity contribution is 5.97. The maximum atomic E-state index is 13.9. The van der Waals surface area contributed by atoms with Crippen LogP contribution in [0.4, 0.5) is 4.39 Å². The maximum Gasteiger partial charge on any atom is 0.170 e. The molecule has 0 saturated carbocycles. The Bertz CT molecular complexity index is 506. The fourth-order valence-corrected chi connectivity index (χ4v) is 2.68.